The van der Waals surface area contributed by atoms with Crippen molar-refractivity contribution in [1.82, 2.24) is 0 Å². The van der Waals surface area contributed by atoms with E-state index in [9.17, 15) is 0 Å². The fourth-order valence-corrected chi connectivity index (χ4v) is 1.37. The molecule has 0 amide bonds. The van der Waals surface area contributed by atoms with Gasteiger partial charge in [0.05, 0.1) is 12.7 Å². The largest absolute Gasteiger partial charge is 0.393 e. The zero-order valence-electron chi connectivity index (χ0n) is 7.47. The van der Waals surface area contributed by atoms with Crippen molar-refractivity contribution in [1.29, 1.82) is 0 Å². The number of unbranched alkanes of at least 4 members (excludes halogenated alkanes) is 2. The quantitative estimate of drug-likeness (QED) is 0.488. The first kappa shape index (κ1) is 9.01. The Bertz CT molecular complexity index is 125. The van der Waals surface area contributed by atoms with Crippen LogP contribution < -0.4 is 0 Å². The summed E-state index contributed by atoms with van der Waals surface area (Å²) in [6, 6.07) is 0. The highest BCUT2D eigenvalue weighted by molar-refractivity contribution is 4.98. The van der Waals surface area contributed by atoms with Gasteiger partial charge in [0.2, 0.25) is 0 Å². The van der Waals surface area contributed by atoms with E-state index in [-0.39, 0.29) is 12.2 Å². The molecule has 66 valence electrons. The van der Waals surface area contributed by atoms with Crippen LogP contribution in [-0.4, -0.2) is 23.4 Å². The summed E-state index contributed by atoms with van der Waals surface area (Å²) in [5.74, 6) is 0. The van der Waals surface area contributed by atoms with Gasteiger partial charge in [-0.25, -0.2) is 0 Å². The maximum Gasteiger partial charge on any atom is 0.115 e. The van der Waals surface area contributed by atoms with E-state index in [2.05, 4.69) is 6.92 Å². The summed E-state index contributed by atoms with van der Waals surface area (Å²) < 4.78 is 5.35. The van der Waals surface area contributed by atoms with E-state index in [4.69, 9.17) is 9.84 Å². The molecule has 2 nitrogen and oxygen atoms in total. The minimum atomic E-state index is -0.187. The monoisotopic (exact) mass is 158 g/mol. The molecule has 0 unspecified atom stereocenters. The lowest BCUT2D eigenvalue weighted by molar-refractivity contribution is 0.184. The van der Waals surface area contributed by atoms with Crippen molar-refractivity contribution >= 4 is 0 Å². The summed E-state index contributed by atoms with van der Waals surface area (Å²) in [7, 11) is 0. The van der Waals surface area contributed by atoms with Gasteiger partial charge in [-0.1, -0.05) is 26.2 Å². The number of aliphatic hydroxyl groups excluding tert-OH is 1. The van der Waals surface area contributed by atoms with Crippen LogP contribution in [0.3, 0.4) is 0 Å². The molecular formula is C9H18O2. The Labute approximate surface area is 68.6 Å². The van der Waals surface area contributed by atoms with Crippen molar-refractivity contribution in [2.45, 2.75) is 51.2 Å². The Kier molecular flexibility index (Phi) is 2.90. The van der Waals surface area contributed by atoms with Crippen molar-refractivity contribution in [2.75, 3.05) is 6.61 Å². The Morgan fingerprint density at radius 1 is 1.45 bits per heavy atom. The van der Waals surface area contributed by atoms with Crippen LogP contribution in [-0.2, 0) is 4.74 Å². The molecule has 0 bridgehead atoms. The molecule has 1 saturated heterocycles. The first-order chi connectivity index (χ1) is 5.23. The van der Waals surface area contributed by atoms with Gasteiger partial charge in [-0.2, -0.15) is 0 Å². The average Bonchev–Trinajstić information content (AvgIpc) is 2.64. The Morgan fingerprint density at radius 2 is 2.18 bits per heavy atom. The van der Waals surface area contributed by atoms with E-state index in [0.717, 1.165) is 6.42 Å². The molecule has 11 heavy (non-hydrogen) atoms. The minimum Gasteiger partial charge on any atom is -0.393 e. The van der Waals surface area contributed by atoms with Crippen LogP contribution in [0.1, 0.15) is 39.5 Å². The zero-order chi connectivity index (χ0) is 8.32. The van der Waals surface area contributed by atoms with Gasteiger partial charge in [-0.05, 0) is 13.3 Å². The maximum atomic E-state index is 8.87. The molecule has 1 heterocycles. The predicted molar refractivity (Wildman–Crippen MR) is 44.5 cm³/mol. The lowest BCUT2D eigenvalue weighted by Gasteiger charge is -1.99. The van der Waals surface area contributed by atoms with Gasteiger partial charge in [-0.3, -0.25) is 0 Å². The highest BCUT2D eigenvalue weighted by Crippen LogP contribution is 2.38. The fraction of sp³-hybridized carbons (Fsp3) is 1.00. The van der Waals surface area contributed by atoms with E-state index < -0.39 is 0 Å². The van der Waals surface area contributed by atoms with Crippen molar-refractivity contribution in [3.8, 4) is 0 Å². The first-order valence-electron chi connectivity index (χ1n) is 4.51. The Hall–Kier alpha value is -0.0800. The minimum absolute atomic E-state index is 0.170. The molecule has 1 aliphatic heterocycles. The molecular weight excluding hydrogens is 140 g/mol. The molecule has 1 N–H and O–H groups in total. The molecule has 0 saturated carbocycles. The van der Waals surface area contributed by atoms with E-state index in [1.807, 2.05) is 6.92 Å². The lowest BCUT2D eigenvalue weighted by atomic mass is 10.0. The maximum absolute atomic E-state index is 8.87. The highest BCUT2D eigenvalue weighted by Gasteiger charge is 2.50. The fourth-order valence-electron chi connectivity index (χ4n) is 1.37. The average molecular weight is 158 g/mol. The molecule has 0 radical (unpaired) electrons. The second-order valence-corrected chi connectivity index (χ2v) is 3.57. The standard InChI is InChI=1S/C9H18O2/c1-3-4-5-6-8-9(2,7-10)11-8/h8,10H,3-7H2,1-2H3/t8-,9-/m0/s1. The van der Waals surface area contributed by atoms with Gasteiger partial charge in [-0.15, -0.1) is 0 Å². The summed E-state index contributed by atoms with van der Waals surface area (Å²) in [5.41, 5.74) is -0.187. The lowest BCUT2D eigenvalue weighted by Crippen LogP contribution is -2.14. The second kappa shape index (κ2) is 3.55. The van der Waals surface area contributed by atoms with E-state index >= 15 is 0 Å². The van der Waals surface area contributed by atoms with E-state index in [0.29, 0.717) is 6.10 Å². The summed E-state index contributed by atoms with van der Waals surface area (Å²) in [6.45, 7) is 4.34. The van der Waals surface area contributed by atoms with E-state index in [1.54, 1.807) is 0 Å². The topological polar surface area (TPSA) is 32.8 Å². The SMILES string of the molecule is CCCCC[C@@H]1O[C@@]1(C)CO. The van der Waals surface area contributed by atoms with Crippen molar-refractivity contribution in [2.24, 2.45) is 0 Å². The number of ether oxygens (including phenoxy) is 1. The van der Waals surface area contributed by atoms with Crippen molar-refractivity contribution in [3.63, 3.8) is 0 Å². The predicted octanol–water partition coefficient (Wildman–Crippen LogP) is 1.72. The highest BCUT2D eigenvalue weighted by atomic mass is 16.6. The first-order valence-corrected chi connectivity index (χ1v) is 4.51. The van der Waals surface area contributed by atoms with Gasteiger partial charge >= 0.3 is 0 Å². The molecule has 0 spiro atoms. The molecule has 0 aliphatic carbocycles. The summed E-state index contributed by atoms with van der Waals surface area (Å²) in [5, 5.41) is 8.87. The summed E-state index contributed by atoms with van der Waals surface area (Å²) in [6.07, 6.45) is 5.21. The van der Waals surface area contributed by atoms with Crippen LogP contribution in [0.2, 0.25) is 0 Å². The van der Waals surface area contributed by atoms with Crippen LogP contribution >= 0.6 is 0 Å². The molecule has 2 heteroatoms. The third-order valence-corrected chi connectivity index (χ3v) is 2.42. The molecule has 0 aromatic rings. The van der Waals surface area contributed by atoms with Crippen LogP contribution in [0.4, 0.5) is 0 Å². The molecule has 0 aromatic heterocycles. The van der Waals surface area contributed by atoms with Gasteiger partial charge in [0.25, 0.3) is 0 Å². The number of hydrogen-bond acceptors (Lipinski definition) is 2. The number of hydrogen-bond donors (Lipinski definition) is 1. The van der Waals surface area contributed by atoms with Gasteiger partial charge in [0.15, 0.2) is 0 Å². The Balaban J connectivity index is 2.04. The number of rotatable bonds is 5. The molecule has 2 atom stereocenters. The van der Waals surface area contributed by atoms with Gasteiger partial charge in [0, 0.05) is 0 Å². The zero-order valence-corrected chi connectivity index (χ0v) is 7.47. The van der Waals surface area contributed by atoms with Crippen LogP contribution in [0.25, 0.3) is 0 Å². The number of aliphatic hydroxyl groups is 1. The molecule has 0 aromatic carbocycles. The molecule has 1 aliphatic rings. The van der Waals surface area contributed by atoms with Gasteiger partial charge in [0.1, 0.15) is 5.60 Å². The van der Waals surface area contributed by atoms with Crippen molar-refractivity contribution in [3.05, 3.63) is 0 Å². The van der Waals surface area contributed by atoms with Crippen LogP contribution in [0.5, 0.6) is 0 Å². The smallest absolute Gasteiger partial charge is 0.115 e. The van der Waals surface area contributed by atoms with Crippen LogP contribution in [0.15, 0.2) is 0 Å². The van der Waals surface area contributed by atoms with Crippen molar-refractivity contribution < 1.29 is 9.84 Å². The second-order valence-electron chi connectivity index (χ2n) is 3.57. The van der Waals surface area contributed by atoms with Crippen LogP contribution in [0, 0.1) is 0 Å². The number of epoxide rings is 1. The third kappa shape index (κ3) is 2.17. The summed E-state index contributed by atoms with van der Waals surface area (Å²) in [4.78, 5) is 0. The van der Waals surface area contributed by atoms with Gasteiger partial charge < -0.3 is 9.84 Å². The molecule has 1 rings (SSSR count). The Morgan fingerprint density at radius 3 is 2.64 bits per heavy atom. The molecule has 1 fully saturated rings. The van der Waals surface area contributed by atoms with E-state index in [1.165, 1.54) is 19.3 Å². The normalized spacial score (nSPS) is 35.7. The third-order valence-electron chi connectivity index (χ3n) is 2.42. The summed E-state index contributed by atoms with van der Waals surface area (Å²) >= 11 is 0.